The molecular weight excluding hydrogens is 421 g/mol. The predicted molar refractivity (Wildman–Crippen MR) is 108 cm³/mol. The van der Waals surface area contributed by atoms with Crippen LogP contribution in [0.2, 0.25) is 0 Å². The number of carboxylic acid groups (broad SMARTS) is 1. The number of benzene rings is 1. The average Bonchev–Trinajstić information content (AvgIpc) is 2.74. The lowest BCUT2D eigenvalue weighted by atomic mass is 10.1. The number of alkyl halides is 3. The van der Waals surface area contributed by atoms with Gasteiger partial charge in [0.2, 0.25) is 5.75 Å². The van der Waals surface area contributed by atoms with E-state index in [2.05, 4.69) is 9.80 Å². The van der Waals surface area contributed by atoms with Crippen LogP contribution in [-0.4, -0.2) is 92.8 Å². The number of ether oxygens (including phenoxy) is 3. The smallest absolute Gasteiger partial charge is 0.490 e. The van der Waals surface area contributed by atoms with Crippen molar-refractivity contribution in [3.8, 4) is 17.2 Å². The number of carbonyl (C=O) groups is 1. The molecule has 1 fully saturated rings. The summed E-state index contributed by atoms with van der Waals surface area (Å²) >= 11 is 0. The van der Waals surface area contributed by atoms with E-state index in [0.29, 0.717) is 18.1 Å². The van der Waals surface area contributed by atoms with Gasteiger partial charge in [0, 0.05) is 44.9 Å². The van der Waals surface area contributed by atoms with Crippen LogP contribution in [0.3, 0.4) is 0 Å². The second-order valence-electron chi connectivity index (χ2n) is 6.84. The maximum absolute atomic E-state index is 10.6. The molecule has 178 valence electrons. The van der Waals surface area contributed by atoms with E-state index in [-0.39, 0.29) is 0 Å². The first-order valence-electron chi connectivity index (χ1n) is 9.81. The largest absolute Gasteiger partial charge is 0.493 e. The number of rotatable bonds is 9. The summed E-state index contributed by atoms with van der Waals surface area (Å²) in [6, 6.07) is 3.98. The molecule has 11 heteroatoms. The lowest BCUT2D eigenvalue weighted by molar-refractivity contribution is -0.192. The van der Waals surface area contributed by atoms with Gasteiger partial charge >= 0.3 is 12.1 Å². The van der Waals surface area contributed by atoms with Gasteiger partial charge in [-0.2, -0.15) is 13.2 Å². The van der Waals surface area contributed by atoms with E-state index >= 15 is 0 Å². The summed E-state index contributed by atoms with van der Waals surface area (Å²) in [6.07, 6.45) is -3.12. The number of nitrogens with zero attached hydrogens (tertiary/aromatic N) is 2. The number of methoxy groups -OCH3 is 3. The summed E-state index contributed by atoms with van der Waals surface area (Å²) in [5, 5.41) is 16.0. The Kier molecular flexibility index (Phi) is 11.4. The van der Waals surface area contributed by atoms with E-state index in [1.165, 1.54) is 0 Å². The van der Waals surface area contributed by atoms with Crippen LogP contribution in [0.25, 0.3) is 0 Å². The van der Waals surface area contributed by atoms with Gasteiger partial charge in [-0.15, -0.1) is 0 Å². The lowest BCUT2D eigenvalue weighted by Gasteiger charge is -2.35. The van der Waals surface area contributed by atoms with Crippen LogP contribution >= 0.6 is 0 Å². The number of aliphatic carboxylic acids is 1. The van der Waals surface area contributed by atoms with E-state index in [4.69, 9.17) is 29.2 Å². The first kappa shape index (κ1) is 26.8. The summed E-state index contributed by atoms with van der Waals surface area (Å²) in [4.78, 5) is 13.8. The zero-order valence-electron chi connectivity index (χ0n) is 18.1. The molecule has 31 heavy (non-hydrogen) atoms. The first-order valence-corrected chi connectivity index (χ1v) is 9.81. The molecule has 0 spiro atoms. The molecule has 1 heterocycles. The van der Waals surface area contributed by atoms with Crippen LogP contribution in [-0.2, 0) is 11.3 Å². The van der Waals surface area contributed by atoms with Crippen molar-refractivity contribution in [2.24, 2.45) is 0 Å². The van der Waals surface area contributed by atoms with Crippen molar-refractivity contribution in [2.45, 2.75) is 25.6 Å². The third-order valence-electron chi connectivity index (χ3n) is 4.77. The third kappa shape index (κ3) is 8.80. The minimum atomic E-state index is -5.08. The van der Waals surface area contributed by atoms with E-state index in [1.807, 2.05) is 12.1 Å². The number of unbranched alkanes of at least 4 members (excludes halogenated alkanes) is 1. The maximum Gasteiger partial charge on any atom is 0.490 e. The Morgan fingerprint density at radius 1 is 0.968 bits per heavy atom. The number of halogens is 3. The second kappa shape index (κ2) is 13.2. The van der Waals surface area contributed by atoms with Crippen molar-refractivity contribution in [3.63, 3.8) is 0 Å². The van der Waals surface area contributed by atoms with Gasteiger partial charge in [0.25, 0.3) is 0 Å². The molecule has 0 atom stereocenters. The van der Waals surface area contributed by atoms with Crippen LogP contribution in [0, 0.1) is 0 Å². The molecule has 0 unspecified atom stereocenters. The fourth-order valence-electron chi connectivity index (χ4n) is 3.15. The van der Waals surface area contributed by atoms with Crippen LogP contribution in [0.15, 0.2) is 12.1 Å². The fraction of sp³-hybridized carbons (Fsp3) is 0.650. The molecule has 8 nitrogen and oxygen atoms in total. The summed E-state index contributed by atoms with van der Waals surface area (Å²) in [5.74, 6) is -0.665. The SMILES string of the molecule is COc1ccc(CN2CCN(CCCCO)CC2)c(OC)c1OC.O=C(O)C(F)(F)F. The van der Waals surface area contributed by atoms with Crippen molar-refractivity contribution in [2.75, 3.05) is 60.7 Å². The van der Waals surface area contributed by atoms with Crippen molar-refractivity contribution in [1.82, 2.24) is 9.80 Å². The second-order valence-corrected chi connectivity index (χ2v) is 6.84. The molecule has 1 saturated heterocycles. The highest BCUT2D eigenvalue weighted by Gasteiger charge is 2.38. The first-order chi connectivity index (χ1) is 14.7. The van der Waals surface area contributed by atoms with Crippen molar-refractivity contribution < 1.29 is 42.4 Å². The molecule has 0 radical (unpaired) electrons. The van der Waals surface area contributed by atoms with Crippen molar-refractivity contribution in [3.05, 3.63) is 17.7 Å². The van der Waals surface area contributed by atoms with Gasteiger partial charge in [-0.1, -0.05) is 6.07 Å². The minimum absolute atomic E-state index is 0.291. The Bertz CT molecular complexity index is 680. The molecule has 1 aromatic rings. The molecule has 0 bridgehead atoms. The molecule has 1 aromatic carbocycles. The molecule has 0 aliphatic carbocycles. The number of aliphatic hydroxyl groups excluding tert-OH is 1. The zero-order valence-corrected chi connectivity index (χ0v) is 18.1. The molecular formula is C20H31F3N2O6. The molecule has 2 N–H and O–H groups in total. The molecule has 0 amide bonds. The normalized spacial score (nSPS) is 15.1. The minimum Gasteiger partial charge on any atom is -0.493 e. The highest BCUT2D eigenvalue weighted by molar-refractivity contribution is 5.73. The van der Waals surface area contributed by atoms with Crippen LogP contribution in [0.1, 0.15) is 18.4 Å². The Morgan fingerprint density at radius 3 is 1.97 bits per heavy atom. The van der Waals surface area contributed by atoms with Crippen molar-refractivity contribution >= 4 is 5.97 Å². The number of aliphatic hydroxyl groups is 1. The molecule has 2 rings (SSSR count). The highest BCUT2D eigenvalue weighted by atomic mass is 19.4. The van der Waals surface area contributed by atoms with Gasteiger partial charge < -0.3 is 29.3 Å². The summed E-state index contributed by atoms with van der Waals surface area (Å²) in [6.45, 7) is 6.43. The van der Waals surface area contributed by atoms with Gasteiger partial charge in [0.05, 0.1) is 21.3 Å². The van der Waals surface area contributed by atoms with Gasteiger partial charge in [0.1, 0.15) is 0 Å². The molecule has 0 saturated carbocycles. The fourth-order valence-corrected chi connectivity index (χ4v) is 3.15. The Labute approximate surface area is 180 Å². The lowest BCUT2D eigenvalue weighted by Crippen LogP contribution is -2.46. The predicted octanol–water partition coefficient (Wildman–Crippen LogP) is 2.24. The quantitative estimate of drug-likeness (QED) is 0.552. The van der Waals surface area contributed by atoms with Crippen LogP contribution in [0.4, 0.5) is 13.2 Å². The zero-order chi connectivity index (χ0) is 23.4. The van der Waals surface area contributed by atoms with E-state index in [0.717, 1.165) is 63.4 Å². The molecule has 1 aliphatic heterocycles. The van der Waals surface area contributed by atoms with Crippen LogP contribution < -0.4 is 14.2 Å². The average molecular weight is 452 g/mol. The van der Waals surface area contributed by atoms with E-state index in [1.54, 1.807) is 21.3 Å². The summed E-state index contributed by atoms with van der Waals surface area (Å²) in [7, 11) is 4.93. The topological polar surface area (TPSA) is 91.7 Å². The Morgan fingerprint density at radius 2 is 1.52 bits per heavy atom. The number of piperazine rings is 1. The summed E-state index contributed by atoms with van der Waals surface area (Å²) in [5.41, 5.74) is 1.11. The number of hydrogen-bond acceptors (Lipinski definition) is 7. The number of hydrogen-bond donors (Lipinski definition) is 2. The third-order valence-corrected chi connectivity index (χ3v) is 4.77. The van der Waals surface area contributed by atoms with Crippen molar-refractivity contribution in [1.29, 1.82) is 0 Å². The highest BCUT2D eigenvalue weighted by Crippen LogP contribution is 2.40. The maximum atomic E-state index is 10.6. The standard InChI is InChI=1S/C18H30N2O4.C2HF3O2/c1-22-16-7-6-15(17(23-2)18(16)24-3)14-20-11-9-19(10-12-20)8-4-5-13-21;3-2(4,5)1(6)7/h6-7,21H,4-5,8-14H2,1-3H3;(H,6,7). The monoisotopic (exact) mass is 452 g/mol. The number of carboxylic acids is 1. The van der Waals surface area contributed by atoms with Gasteiger partial charge in [-0.05, 0) is 25.5 Å². The van der Waals surface area contributed by atoms with Crippen LogP contribution in [0.5, 0.6) is 17.2 Å². The Balaban J connectivity index is 0.000000592. The molecule has 0 aromatic heterocycles. The van der Waals surface area contributed by atoms with E-state index in [9.17, 15) is 13.2 Å². The Hall–Kier alpha value is -2.24. The van der Waals surface area contributed by atoms with Gasteiger partial charge in [0.15, 0.2) is 11.5 Å². The van der Waals surface area contributed by atoms with E-state index < -0.39 is 12.1 Å². The summed E-state index contributed by atoms with van der Waals surface area (Å²) < 4.78 is 48.1. The van der Waals surface area contributed by atoms with Gasteiger partial charge in [-0.3, -0.25) is 4.90 Å². The van der Waals surface area contributed by atoms with Gasteiger partial charge in [-0.25, -0.2) is 4.79 Å². The molecule has 1 aliphatic rings.